The van der Waals surface area contributed by atoms with Gasteiger partial charge in [-0.3, -0.25) is 9.59 Å². The number of hydrogen-bond donors (Lipinski definition) is 1. The fourth-order valence-electron chi connectivity index (χ4n) is 3.66. The second-order valence-electron chi connectivity index (χ2n) is 7.53. The van der Waals surface area contributed by atoms with Gasteiger partial charge >= 0.3 is 0 Å². The Morgan fingerprint density at radius 3 is 2.55 bits per heavy atom. The first-order valence-corrected chi connectivity index (χ1v) is 9.82. The van der Waals surface area contributed by atoms with Crippen molar-refractivity contribution < 1.29 is 19.1 Å². The fourth-order valence-corrected chi connectivity index (χ4v) is 3.66. The molecule has 1 heterocycles. The highest BCUT2D eigenvalue weighted by Crippen LogP contribution is 2.32. The maximum absolute atomic E-state index is 12.7. The highest BCUT2D eigenvalue weighted by atomic mass is 16.5. The molecule has 1 aliphatic rings. The summed E-state index contributed by atoms with van der Waals surface area (Å²) in [6.07, 6.45) is 0.226. The largest absolute Gasteiger partial charge is 0.493 e. The molecule has 0 radical (unpaired) electrons. The SMILES string of the molecule is COc1ccc(CNC(=O)C2CC(=O)N(c3ccccc3C(C)C)C2)cc1OC. The fraction of sp³-hybridized carbons (Fsp3) is 0.391. The van der Waals surface area contributed by atoms with Gasteiger partial charge in [0, 0.05) is 25.2 Å². The van der Waals surface area contributed by atoms with Crippen LogP contribution in [-0.4, -0.2) is 32.6 Å². The zero-order valence-corrected chi connectivity index (χ0v) is 17.4. The Hall–Kier alpha value is -3.02. The van der Waals surface area contributed by atoms with Crippen molar-refractivity contribution in [1.82, 2.24) is 5.32 Å². The van der Waals surface area contributed by atoms with E-state index in [0.717, 1.165) is 16.8 Å². The Kier molecular flexibility index (Phi) is 6.42. The third-order valence-electron chi connectivity index (χ3n) is 5.26. The van der Waals surface area contributed by atoms with E-state index < -0.39 is 0 Å². The molecule has 2 aromatic rings. The van der Waals surface area contributed by atoms with Crippen molar-refractivity contribution in [2.75, 3.05) is 25.7 Å². The van der Waals surface area contributed by atoms with Crippen LogP contribution in [-0.2, 0) is 16.1 Å². The maximum atomic E-state index is 12.7. The van der Waals surface area contributed by atoms with E-state index in [1.165, 1.54) is 0 Å². The van der Waals surface area contributed by atoms with E-state index >= 15 is 0 Å². The molecule has 154 valence electrons. The van der Waals surface area contributed by atoms with E-state index in [4.69, 9.17) is 9.47 Å². The average Bonchev–Trinajstić information content (AvgIpc) is 3.13. The van der Waals surface area contributed by atoms with Gasteiger partial charge in [0.25, 0.3) is 0 Å². The first kappa shape index (κ1) is 20.7. The molecule has 29 heavy (non-hydrogen) atoms. The van der Waals surface area contributed by atoms with Gasteiger partial charge in [0.05, 0.1) is 20.1 Å². The van der Waals surface area contributed by atoms with Gasteiger partial charge in [-0.25, -0.2) is 0 Å². The van der Waals surface area contributed by atoms with Crippen LogP contribution >= 0.6 is 0 Å². The monoisotopic (exact) mass is 396 g/mol. The van der Waals surface area contributed by atoms with Crippen LogP contribution in [0.5, 0.6) is 11.5 Å². The summed E-state index contributed by atoms with van der Waals surface area (Å²) in [5.41, 5.74) is 2.93. The Bertz CT molecular complexity index is 894. The highest BCUT2D eigenvalue weighted by Gasteiger charge is 2.36. The zero-order valence-electron chi connectivity index (χ0n) is 17.4. The molecule has 2 amide bonds. The summed E-state index contributed by atoms with van der Waals surface area (Å²) in [6.45, 7) is 4.98. The van der Waals surface area contributed by atoms with Gasteiger partial charge in [0.2, 0.25) is 11.8 Å². The lowest BCUT2D eigenvalue weighted by molar-refractivity contribution is -0.126. The summed E-state index contributed by atoms with van der Waals surface area (Å²) in [4.78, 5) is 27.0. The first-order valence-electron chi connectivity index (χ1n) is 9.82. The molecule has 1 atom stereocenters. The molecule has 1 fully saturated rings. The smallest absolute Gasteiger partial charge is 0.227 e. The molecule has 1 saturated heterocycles. The summed E-state index contributed by atoms with van der Waals surface area (Å²) in [5.74, 6) is 1.08. The number of rotatable bonds is 7. The van der Waals surface area contributed by atoms with E-state index in [0.29, 0.717) is 30.5 Å². The molecule has 0 aliphatic carbocycles. The van der Waals surface area contributed by atoms with Crippen LogP contribution in [0.1, 0.15) is 37.3 Å². The standard InChI is InChI=1S/C23H28N2O4/c1-15(2)18-7-5-6-8-19(18)25-14-17(12-22(25)26)23(27)24-13-16-9-10-20(28-3)21(11-16)29-4/h5-11,15,17H,12-14H2,1-4H3,(H,24,27). The number of hydrogen-bond acceptors (Lipinski definition) is 4. The summed E-state index contributed by atoms with van der Waals surface area (Å²) >= 11 is 0. The van der Waals surface area contributed by atoms with E-state index in [1.54, 1.807) is 19.1 Å². The lowest BCUT2D eigenvalue weighted by atomic mass is 10.0. The van der Waals surface area contributed by atoms with Gasteiger partial charge in [-0.05, 0) is 35.2 Å². The van der Waals surface area contributed by atoms with Crippen molar-refractivity contribution >= 4 is 17.5 Å². The Morgan fingerprint density at radius 1 is 1.14 bits per heavy atom. The van der Waals surface area contributed by atoms with Crippen LogP contribution in [0.2, 0.25) is 0 Å². The number of methoxy groups -OCH3 is 2. The topological polar surface area (TPSA) is 67.9 Å². The third kappa shape index (κ3) is 4.53. The Balaban J connectivity index is 1.65. The van der Waals surface area contributed by atoms with Crippen LogP contribution in [0.25, 0.3) is 0 Å². The van der Waals surface area contributed by atoms with Gasteiger partial charge in [0.15, 0.2) is 11.5 Å². The number of ether oxygens (including phenoxy) is 2. The van der Waals surface area contributed by atoms with Gasteiger partial charge < -0.3 is 19.7 Å². The summed E-state index contributed by atoms with van der Waals surface area (Å²) in [7, 11) is 3.16. The summed E-state index contributed by atoms with van der Waals surface area (Å²) < 4.78 is 10.5. The quantitative estimate of drug-likeness (QED) is 0.778. The molecule has 2 aromatic carbocycles. The molecule has 0 aromatic heterocycles. The zero-order chi connectivity index (χ0) is 21.0. The van der Waals surface area contributed by atoms with Gasteiger partial charge in [-0.15, -0.1) is 0 Å². The minimum Gasteiger partial charge on any atom is -0.493 e. The van der Waals surface area contributed by atoms with E-state index in [2.05, 4.69) is 19.2 Å². The minimum atomic E-state index is -0.358. The Morgan fingerprint density at radius 2 is 1.86 bits per heavy atom. The molecule has 1 aliphatic heterocycles. The molecule has 0 spiro atoms. The second kappa shape index (κ2) is 8.99. The van der Waals surface area contributed by atoms with Gasteiger partial charge in [0.1, 0.15) is 0 Å². The molecule has 0 bridgehead atoms. The van der Waals surface area contributed by atoms with Crippen molar-refractivity contribution in [2.45, 2.75) is 32.7 Å². The van der Waals surface area contributed by atoms with Crippen LogP contribution < -0.4 is 19.7 Å². The van der Waals surface area contributed by atoms with Crippen molar-refractivity contribution in [1.29, 1.82) is 0 Å². The molecular weight excluding hydrogens is 368 g/mol. The van der Waals surface area contributed by atoms with Crippen LogP contribution in [0.15, 0.2) is 42.5 Å². The average molecular weight is 396 g/mol. The second-order valence-corrected chi connectivity index (χ2v) is 7.53. The lowest BCUT2D eigenvalue weighted by Crippen LogP contribution is -2.32. The molecule has 3 rings (SSSR count). The molecule has 1 unspecified atom stereocenters. The van der Waals surface area contributed by atoms with Crippen molar-refractivity contribution in [3.8, 4) is 11.5 Å². The summed E-state index contributed by atoms with van der Waals surface area (Å²) in [5, 5.41) is 2.95. The number of carbonyl (C=O) groups excluding carboxylic acids is 2. The predicted octanol–water partition coefficient (Wildman–Crippen LogP) is 3.50. The van der Waals surface area contributed by atoms with Gasteiger partial charge in [-0.2, -0.15) is 0 Å². The summed E-state index contributed by atoms with van der Waals surface area (Å²) in [6, 6.07) is 13.4. The normalized spacial score (nSPS) is 16.2. The van der Waals surface area contributed by atoms with Crippen LogP contribution in [0, 0.1) is 5.92 Å². The molecule has 6 nitrogen and oxygen atoms in total. The maximum Gasteiger partial charge on any atom is 0.227 e. The van der Waals surface area contributed by atoms with Crippen molar-refractivity contribution in [2.24, 2.45) is 5.92 Å². The number of para-hydroxylation sites is 1. The van der Waals surface area contributed by atoms with Crippen LogP contribution in [0.4, 0.5) is 5.69 Å². The molecule has 6 heteroatoms. The van der Waals surface area contributed by atoms with Crippen LogP contribution in [0.3, 0.4) is 0 Å². The number of amides is 2. The Labute approximate surface area is 171 Å². The highest BCUT2D eigenvalue weighted by molar-refractivity contribution is 6.00. The third-order valence-corrected chi connectivity index (χ3v) is 5.26. The van der Waals surface area contributed by atoms with E-state index in [9.17, 15) is 9.59 Å². The number of nitrogens with zero attached hydrogens (tertiary/aromatic N) is 1. The molecule has 0 saturated carbocycles. The van der Waals surface area contributed by atoms with E-state index in [-0.39, 0.29) is 24.2 Å². The first-order chi connectivity index (χ1) is 13.9. The minimum absolute atomic E-state index is 0.00985. The molecule has 1 N–H and O–H groups in total. The van der Waals surface area contributed by atoms with Crippen molar-refractivity contribution in [3.05, 3.63) is 53.6 Å². The number of benzene rings is 2. The number of anilines is 1. The predicted molar refractivity (Wildman–Crippen MR) is 112 cm³/mol. The lowest BCUT2D eigenvalue weighted by Gasteiger charge is -2.22. The number of carbonyl (C=O) groups is 2. The van der Waals surface area contributed by atoms with Crippen molar-refractivity contribution in [3.63, 3.8) is 0 Å². The molecular formula is C23H28N2O4. The van der Waals surface area contributed by atoms with Gasteiger partial charge in [-0.1, -0.05) is 38.1 Å². The number of nitrogens with one attached hydrogen (secondary N) is 1. The van der Waals surface area contributed by atoms with E-state index in [1.807, 2.05) is 42.5 Å².